The summed E-state index contributed by atoms with van der Waals surface area (Å²) in [5.41, 5.74) is 0. The van der Waals surface area contributed by atoms with Crippen molar-refractivity contribution in [2.75, 3.05) is 6.54 Å². The Balaban J connectivity index is 2.00. The van der Waals surface area contributed by atoms with Gasteiger partial charge in [-0.15, -0.1) is 0 Å². The smallest absolute Gasteiger partial charge is 0.317 e. The number of imidazole rings is 1. The van der Waals surface area contributed by atoms with E-state index in [0.29, 0.717) is 0 Å². The van der Waals surface area contributed by atoms with Crippen LogP contribution in [0, 0.1) is 0 Å². The van der Waals surface area contributed by atoms with Gasteiger partial charge in [0.05, 0.1) is 12.6 Å². The van der Waals surface area contributed by atoms with Crippen molar-refractivity contribution in [2.45, 2.75) is 19.0 Å². The van der Waals surface area contributed by atoms with Gasteiger partial charge in [0.1, 0.15) is 5.82 Å². The van der Waals surface area contributed by atoms with Crippen molar-refractivity contribution >= 4 is 5.97 Å². The Morgan fingerprint density at radius 2 is 2.69 bits per heavy atom. The number of carbonyl (C=O) groups is 1. The summed E-state index contributed by atoms with van der Waals surface area (Å²) >= 11 is 0. The zero-order valence-corrected chi connectivity index (χ0v) is 7.10. The second kappa shape index (κ2) is 3.18. The highest BCUT2D eigenvalue weighted by molar-refractivity contribution is 5.69. The molecule has 13 heavy (non-hydrogen) atoms. The van der Waals surface area contributed by atoms with Gasteiger partial charge < -0.3 is 9.67 Å². The Bertz CT molecular complexity index is 321. The molecule has 0 aliphatic carbocycles. The number of nitrogens with zero attached hydrogens (tertiary/aromatic N) is 2. The summed E-state index contributed by atoms with van der Waals surface area (Å²) in [5.74, 6) is 0.117. The van der Waals surface area contributed by atoms with Crippen LogP contribution in [0.1, 0.15) is 18.3 Å². The summed E-state index contributed by atoms with van der Waals surface area (Å²) in [7, 11) is 0. The fourth-order valence-electron chi connectivity index (χ4n) is 1.62. The van der Waals surface area contributed by atoms with Gasteiger partial charge in [-0.25, -0.2) is 4.98 Å². The van der Waals surface area contributed by atoms with E-state index in [1.807, 2.05) is 10.8 Å². The second-order valence-corrected chi connectivity index (χ2v) is 3.09. The van der Waals surface area contributed by atoms with Crippen molar-refractivity contribution < 1.29 is 9.90 Å². The monoisotopic (exact) mass is 181 g/mol. The predicted octanol–water partition coefficient (Wildman–Crippen LogP) is 0.00210. The normalized spacial score (nSPS) is 20.2. The number of hydrogen-bond donors (Lipinski definition) is 2. The molecule has 1 unspecified atom stereocenters. The fraction of sp³-hybridized carbons (Fsp3) is 0.500. The zero-order chi connectivity index (χ0) is 9.26. The fourth-order valence-corrected chi connectivity index (χ4v) is 1.62. The maximum Gasteiger partial charge on any atom is 0.317 e. The minimum Gasteiger partial charge on any atom is -0.480 e. The Morgan fingerprint density at radius 3 is 3.46 bits per heavy atom. The van der Waals surface area contributed by atoms with E-state index in [0.717, 1.165) is 18.8 Å². The molecule has 0 amide bonds. The largest absolute Gasteiger partial charge is 0.480 e. The van der Waals surface area contributed by atoms with Gasteiger partial charge in [0.25, 0.3) is 0 Å². The van der Waals surface area contributed by atoms with Crippen molar-refractivity contribution in [3.63, 3.8) is 0 Å². The lowest BCUT2D eigenvalue weighted by Gasteiger charge is -2.07. The van der Waals surface area contributed by atoms with Crippen LogP contribution in [0.15, 0.2) is 12.4 Å². The molecule has 1 aromatic rings. The van der Waals surface area contributed by atoms with E-state index in [2.05, 4.69) is 10.3 Å². The van der Waals surface area contributed by atoms with Crippen LogP contribution in [0.4, 0.5) is 0 Å². The van der Waals surface area contributed by atoms with Gasteiger partial charge in [-0.05, 0) is 6.42 Å². The molecule has 1 atom stereocenters. The number of nitrogens with one attached hydrogen (secondary N) is 1. The summed E-state index contributed by atoms with van der Waals surface area (Å²) < 4.78 is 2.04. The maximum absolute atomic E-state index is 10.3. The van der Waals surface area contributed by atoms with E-state index in [4.69, 9.17) is 5.11 Å². The maximum atomic E-state index is 10.3. The molecule has 0 bridgehead atoms. The van der Waals surface area contributed by atoms with E-state index in [1.54, 1.807) is 6.20 Å². The van der Waals surface area contributed by atoms with E-state index in [9.17, 15) is 4.79 Å². The molecule has 70 valence electrons. The van der Waals surface area contributed by atoms with Gasteiger partial charge in [-0.3, -0.25) is 10.1 Å². The van der Waals surface area contributed by atoms with Gasteiger partial charge in [-0.2, -0.15) is 0 Å². The first kappa shape index (κ1) is 8.25. The molecule has 2 rings (SSSR count). The number of fused-ring (bicyclic) bond motifs is 1. The third-order valence-electron chi connectivity index (χ3n) is 2.22. The van der Waals surface area contributed by atoms with Crippen LogP contribution < -0.4 is 5.32 Å². The minimum absolute atomic E-state index is 0.00245. The number of aliphatic carboxylic acids is 1. The molecule has 0 saturated heterocycles. The van der Waals surface area contributed by atoms with E-state index in [1.165, 1.54) is 0 Å². The number of hydrogen-bond acceptors (Lipinski definition) is 3. The highest BCUT2D eigenvalue weighted by Gasteiger charge is 2.23. The molecule has 0 fully saturated rings. The van der Waals surface area contributed by atoms with Crippen LogP contribution >= 0.6 is 0 Å². The number of rotatable bonds is 3. The first-order chi connectivity index (χ1) is 6.27. The van der Waals surface area contributed by atoms with E-state index in [-0.39, 0.29) is 12.6 Å². The SMILES string of the molecule is O=C(O)CNC1CCn2ccnc21. The molecular formula is C8H11N3O2. The molecule has 5 heteroatoms. The highest BCUT2D eigenvalue weighted by atomic mass is 16.4. The van der Waals surface area contributed by atoms with Crippen LogP contribution in [0.3, 0.4) is 0 Å². The van der Waals surface area contributed by atoms with Crippen molar-refractivity contribution in [2.24, 2.45) is 0 Å². The molecule has 1 aliphatic heterocycles. The average Bonchev–Trinajstić information content (AvgIpc) is 2.60. The summed E-state index contributed by atoms with van der Waals surface area (Å²) in [6.45, 7) is 0.921. The topological polar surface area (TPSA) is 67.2 Å². The molecule has 2 N–H and O–H groups in total. The summed E-state index contributed by atoms with van der Waals surface area (Å²) in [6.07, 6.45) is 4.58. The first-order valence-corrected chi connectivity index (χ1v) is 4.23. The van der Waals surface area contributed by atoms with Gasteiger partial charge >= 0.3 is 5.97 Å². The molecular weight excluding hydrogens is 170 g/mol. The number of aromatic nitrogens is 2. The third kappa shape index (κ3) is 1.55. The highest BCUT2D eigenvalue weighted by Crippen LogP contribution is 2.22. The van der Waals surface area contributed by atoms with Gasteiger partial charge in [0, 0.05) is 18.9 Å². The standard InChI is InChI=1S/C8H11N3O2/c12-7(13)5-10-6-1-3-11-4-2-9-8(6)11/h2,4,6,10H,1,3,5H2,(H,12,13). The van der Waals surface area contributed by atoms with Gasteiger partial charge in [0.15, 0.2) is 0 Å². The summed E-state index contributed by atoms with van der Waals surface area (Å²) in [6, 6.07) is 0.103. The molecule has 5 nitrogen and oxygen atoms in total. The second-order valence-electron chi connectivity index (χ2n) is 3.09. The van der Waals surface area contributed by atoms with Gasteiger partial charge in [0.2, 0.25) is 0 Å². The molecule has 2 heterocycles. The van der Waals surface area contributed by atoms with Crippen molar-refractivity contribution in [1.82, 2.24) is 14.9 Å². The average molecular weight is 181 g/mol. The van der Waals surface area contributed by atoms with E-state index >= 15 is 0 Å². The molecule has 1 aromatic heterocycles. The van der Waals surface area contributed by atoms with Crippen LogP contribution in [0.2, 0.25) is 0 Å². The lowest BCUT2D eigenvalue weighted by atomic mass is 10.2. The van der Waals surface area contributed by atoms with E-state index < -0.39 is 5.97 Å². The van der Waals surface area contributed by atoms with Crippen molar-refractivity contribution in [1.29, 1.82) is 0 Å². The quantitative estimate of drug-likeness (QED) is 0.689. The summed E-state index contributed by atoms with van der Waals surface area (Å²) in [5, 5.41) is 11.4. The first-order valence-electron chi connectivity index (χ1n) is 4.23. The van der Waals surface area contributed by atoms with Crippen molar-refractivity contribution in [3.8, 4) is 0 Å². The Morgan fingerprint density at radius 1 is 1.85 bits per heavy atom. The Kier molecular flexibility index (Phi) is 2.02. The van der Waals surface area contributed by atoms with Crippen LogP contribution in [0.5, 0.6) is 0 Å². The van der Waals surface area contributed by atoms with Crippen LogP contribution in [0.25, 0.3) is 0 Å². The lowest BCUT2D eigenvalue weighted by molar-refractivity contribution is -0.136. The minimum atomic E-state index is -0.829. The molecule has 1 aliphatic rings. The molecule has 0 radical (unpaired) electrons. The predicted molar refractivity (Wildman–Crippen MR) is 45.2 cm³/mol. The van der Waals surface area contributed by atoms with Crippen LogP contribution in [-0.2, 0) is 11.3 Å². The number of aryl methyl sites for hydroxylation is 1. The molecule has 0 spiro atoms. The molecule has 0 saturated carbocycles. The van der Waals surface area contributed by atoms with Crippen LogP contribution in [-0.4, -0.2) is 27.2 Å². The summed E-state index contributed by atoms with van der Waals surface area (Å²) in [4.78, 5) is 14.5. The lowest BCUT2D eigenvalue weighted by Crippen LogP contribution is -2.26. The van der Waals surface area contributed by atoms with Crippen molar-refractivity contribution in [3.05, 3.63) is 18.2 Å². The Labute approximate surface area is 75.4 Å². The Hall–Kier alpha value is -1.36. The number of carboxylic acids is 1. The number of carboxylic acid groups (broad SMARTS) is 1. The van der Waals surface area contributed by atoms with Gasteiger partial charge in [-0.1, -0.05) is 0 Å². The molecule has 0 aromatic carbocycles. The third-order valence-corrected chi connectivity index (χ3v) is 2.22. The zero-order valence-electron chi connectivity index (χ0n) is 7.10.